The van der Waals surface area contributed by atoms with Crippen molar-refractivity contribution >= 4 is 16.9 Å². The van der Waals surface area contributed by atoms with Crippen LogP contribution in [-0.4, -0.2) is 19.1 Å². The number of rotatable bonds is 6. The van der Waals surface area contributed by atoms with Crippen molar-refractivity contribution in [2.24, 2.45) is 5.92 Å². The van der Waals surface area contributed by atoms with Crippen molar-refractivity contribution in [2.45, 2.75) is 52.4 Å². The summed E-state index contributed by atoms with van der Waals surface area (Å²) >= 11 is 0. The van der Waals surface area contributed by atoms with Crippen LogP contribution in [0.5, 0.6) is 5.75 Å². The van der Waals surface area contributed by atoms with E-state index in [4.69, 9.17) is 9.15 Å². The Hall–Kier alpha value is -2.30. The minimum atomic E-state index is -0.379. The average Bonchev–Trinajstić information content (AvgIpc) is 2.64. The fourth-order valence-corrected chi connectivity index (χ4v) is 3.65. The second-order valence-electron chi connectivity index (χ2n) is 7.15. The van der Waals surface area contributed by atoms with Gasteiger partial charge in [-0.05, 0) is 49.3 Å². The molecule has 0 aliphatic heterocycles. The van der Waals surface area contributed by atoms with E-state index >= 15 is 0 Å². The zero-order chi connectivity index (χ0) is 18.5. The lowest BCUT2D eigenvalue weighted by Crippen LogP contribution is -2.33. The monoisotopic (exact) mass is 357 g/mol. The molecule has 0 bridgehead atoms. The van der Waals surface area contributed by atoms with E-state index in [0.29, 0.717) is 17.3 Å². The van der Waals surface area contributed by atoms with E-state index in [1.165, 1.54) is 38.2 Å². The van der Waals surface area contributed by atoms with E-state index in [9.17, 15) is 9.59 Å². The molecule has 5 nitrogen and oxygen atoms in total. The minimum absolute atomic E-state index is 0.0265. The highest BCUT2D eigenvalue weighted by atomic mass is 16.5. The summed E-state index contributed by atoms with van der Waals surface area (Å²) < 4.78 is 11.0. The Morgan fingerprint density at radius 3 is 2.73 bits per heavy atom. The number of amides is 1. The van der Waals surface area contributed by atoms with Gasteiger partial charge >= 0.3 is 5.63 Å². The van der Waals surface area contributed by atoms with E-state index in [2.05, 4.69) is 5.32 Å². The summed E-state index contributed by atoms with van der Waals surface area (Å²) in [5.74, 6) is 1.09. The Labute approximate surface area is 153 Å². The number of hydrogen-bond acceptors (Lipinski definition) is 4. The first-order valence-corrected chi connectivity index (χ1v) is 9.53. The molecule has 1 aromatic carbocycles. The Balaban J connectivity index is 1.65. The lowest BCUT2D eigenvalue weighted by Gasteiger charge is -2.21. The van der Waals surface area contributed by atoms with Gasteiger partial charge in [-0.2, -0.15) is 0 Å². The molecule has 0 unspecified atom stereocenters. The van der Waals surface area contributed by atoms with Crippen LogP contribution < -0.4 is 15.7 Å². The van der Waals surface area contributed by atoms with Gasteiger partial charge in [-0.3, -0.25) is 4.79 Å². The molecule has 0 atom stereocenters. The first-order chi connectivity index (χ1) is 12.6. The molecule has 1 aliphatic carbocycles. The van der Waals surface area contributed by atoms with Gasteiger partial charge in [-0.1, -0.05) is 26.2 Å². The molecule has 1 N–H and O–H groups in total. The first kappa shape index (κ1) is 18.5. The summed E-state index contributed by atoms with van der Waals surface area (Å²) in [5, 5.41) is 3.88. The van der Waals surface area contributed by atoms with E-state index in [-0.39, 0.29) is 18.1 Å². The van der Waals surface area contributed by atoms with Gasteiger partial charge in [0.1, 0.15) is 11.3 Å². The third kappa shape index (κ3) is 4.45. The van der Waals surface area contributed by atoms with Crippen LogP contribution >= 0.6 is 0 Å². The predicted molar refractivity (Wildman–Crippen MR) is 102 cm³/mol. The van der Waals surface area contributed by atoms with Gasteiger partial charge in [-0.25, -0.2) is 4.79 Å². The standard InChI is InChI=1S/C21H27NO4/c1-3-16-10-17-14(2)9-21(24)26-19(17)11-18(16)25-13-20(23)22-12-15-7-5-4-6-8-15/h9-11,15H,3-8,12-13H2,1-2H3,(H,22,23). The van der Waals surface area contributed by atoms with Crippen LogP contribution in [0.4, 0.5) is 0 Å². The van der Waals surface area contributed by atoms with E-state index in [1.54, 1.807) is 6.07 Å². The van der Waals surface area contributed by atoms with Crippen molar-refractivity contribution in [1.82, 2.24) is 5.32 Å². The maximum Gasteiger partial charge on any atom is 0.336 e. The molecular weight excluding hydrogens is 330 g/mol. The van der Waals surface area contributed by atoms with Crippen molar-refractivity contribution in [3.8, 4) is 5.75 Å². The largest absolute Gasteiger partial charge is 0.483 e. The highest BCUT2D eigenvalue weighted by molar-refractivity contribution is 5.83. The number of benzene rings is 1. The normalized spacial score (nSPS) is 15.2. The summed E-state index contributed by atoms with van der Waals surface area (Å²) in [7, 11) is 0. The molecule has 0 spiro atoms. The number of carbonyl (C=O) groups excluding carboxylic acids is 1. The van der Waals surface area contributed by atoms with E-state index < -0.39 is 0 Å². The second-order valence-corrected chi connectivity index (χ2v) is 7.15. The molecule has 0 saturated heterocycles. The number of aryl methyl sites for hydroxylation is 2. The Kier molecular flexibility index (Phi) is 5.96. The molecule has 1 aromatic heterocycles. The number of carbonyl (C=O) groups is 1. The quantitative estimate of drug-likeness (QED) is 0.800. The van der Waals surface area contributed by atoms with E-state index in [1.807, 2.05) is 19.9 Å². The zero-order valence-corrected chi connectivity index (χ0v) is 15.6. The van der Waals surface area contributed by atoms with Crippen molar-refractivity contribution in [3.05, 3.63) is 39.7 Å². The molecule has 5 heteroatoms. The van der Waals surface area contributed by atoms with Gasteiger partial charge in [-0.15, -0.1) is 0 Å². The Morgan fingerprint density at radius 2 is 2.00 bits per heavy atom. The third-order valence-corrected chi connectivity index (χ3v) is 5.18. The Bertz CT molecular complexity index is 834. The van der Waals surface area contributed by atoms with Gasteiger partial charge in [0.05, 0.1) is 0 Å². The maximum absolute atomic E-state index is 12.1. The molecule has 1 heterocycles. The molecular formula is C21H27NO4. The lowest BCUT2D eigenvalue weighted by atomic mass is 9.89. The van der Waals surface area contributed by atoms with Gasteiger partial charge in [0, 0.05) is 24.1 Å². The topological polar surface area (TPSA) is 68.5 Å². The van der Waals surface area contributed by atoms with Gasteiger partial charge in [0.15, 0.2) is 6.61 Å². The molecule has 26 heavy (non-hydrogen) atoms. The van der Waals surface area contributed by atoms with Crippen LogP contribution in [0.1, 0.15) is 50.2 Å². The first-order valence-electron chi connectivity index (χ1n) is 9.53. The van der Waals surface area contributed by atoms with Crippen LogP contribution in [-0.2, 0) is 11.2 Å². The van der Waals surface area contributed by atoms with Gasteiger partial charge in [0.2, 0.25) is 0 Å². The van der Waals surface area contributed by atoms with Crippen LogP contribution in [0.25, 0.3) is 11.0 Å². The van der Waals surface area contributed by atoms with Crippen molar-refractivity contribution in [2.75, 3.05) is 13.2 Å². The molecule has 1 amide bonds. The smallest absolute Gasteiger partial charge is 0.336 e. The summed E-state index contributed by atoms with van der Waals surface area (Å²) in [6.45, 7) is 4.62. The fourth-order valence-electron chi connectivity index (χ4n) is 3.65. The molecule has 3 rings (SSSR count). The predicted octanol–water partition coefficient (Wildman–Crippen LogP) is 3.74. The van der Waals surface area contributed by atoms with Crippen molar-refractivity contribution in [1.29, 1.82) is 0 Å². The average molecular weight is 357 g/mol. The summed E-state index contributed by atoms with van der Waals surface area (Å²) in [4.78, 5) is 23.7. The fraction of sp³-hybridized carbons (Fsp3) is 0.524. The van der Waals surface area contributed by atoms with Gasteiger partial charge in [0.25, 0.3) is 5.91 Å². The maximum atomic E-state index is 12.1. The zero-order valence-electron chi connectivity index (χ0n) is 15.6. The SMILES string of the molecule is CCc1cc2c(C)cc(=O)oc2cc1OCC(=O)NCC1CCCCC1. The third-order valence-electron chi connectivity index (χ3n) is 5.18. The number of nitrogens with one attached hydrogen (secondary N) is 1. The Morgan fingerprint density at radius 1 is 1.23 bits per heavy atom. The summed E-state index contributed by atoms with van der Waals surface area (Å²) in [6.07, 6.45) is 7.00. The van der Waals surface area contributed by atoms with Crippen molar-refractivity contribution < 1.29 is 13.9 Å². The van der Waals surface area contributed by atoms with Gasteiger partial charge < -0.3 is 14.5 Å². The van der Waals surface area contributed by atoms with Crippen LogP contribution in [0.15, 0.2) is 27.4 Å². The molecule has 2 aromatic rings. The highest BCUT2D eigenvalue weighted by Crippen LogP contribution is 2.28. The molecule has 0 radical (unpaired) electrons. The number of hydrogen-bond donors (Lipinski definition) is 1. The number of ether oxygens (including phenoxy) is 1. The highest BCUT2D eigenvalue weighted by Gasteiger charge is 2.15. The second kappa shape index (κ2) is 8.39. The summed E-state index contributed by atoms with van der Waals surface area (Å²) in [6, 6.07) is 5.18. The van der Waals surface area contributed by atoms with Crippen molar-refractivity contribution in [3.63, 3.8) is 0 Å². The van der Waals surface area contributed by atoms with E-state index in [0.717, 1.165) is 29.5 Å². The molecule has 1 aliphatic rings. The lowest BCUT2D eigenvalue weighted by molar-refractivity contribution is -0.123. The van der Waals surface area contributed by atoms with Crippen LogP contribution in [0, 0.1) is 12.8 Å². The minimum Gasteiger partial charge on any atom is -0.483 e. The van der Waals surface area contributed by atoms with Crippen LogP contribution in [0.2, 0.25) is 0 Å². The number of fused-ring (bicyclic) bond motifs is 1. The molecule has 1 saturated carbocycles. The molecule has 1 fully saturated rings. The molecule has 140 valence electrons. The summed E-state index contributed by atoms with van der Waals surface area (Å²) in [5.41, 5.74) is 1.98. The van der Waals surface area contributed by atoms with Crippen LogP contribution in [0.3, 0.4) is 0 Å².